The lowest BCUT2D eigenvalue weighted by Gasteiger charge is -2.49. The zero-order valence-electron chi connectivity index (χ0n) is 21.6. The first-order valence-electron chi connectivity index (χ1n) is 12.4. The number of halogens is 2. The molecule has 7 nitrogen and oxygen atoms in total. The highest BCUT2D eigenvalue weighted by atomic mass is 19.1. The largest absolute Gasteiger partial charge is 0.391 e. The fourth-order valence-corrected chi connectivity index (χ4v) is 5.52. The molecule has 1 aliphatic carbocycles. The Kier molecular flexibility index (Phi) is 6.14. The van der Waals surface area contributed by atoms with Gasteiger partial charge in [-0.15, -0.1) is 5.10 Å². The molecule has 0 spiro atoms. The van der Waals surface area contributed by atoms with Crippen LogP contribution >= 0.6 is 0 Å². The topological polar surface area (TPSA) is 89.6 Å². The van der Waals surface area contributed by atoms with Crippen molar-refractivity contribution in [2.24, 2.45) is 5.41 Å². The molecule has 3 heterocycles. The maximum absolute atomic E-state index is 14.5. The number of rotatable bonds is 5. The van der Waals surface area contributed by atoms with Crippen LogP contribution in [0.15, 0.2) is 49.1 Å². The average Bonchev–Trinajstić information content (AvgIpc) is 3.30. The summed E-state index contributed by atoms with van der Waals surface area (Å²) >= 11 is 0. The van der Waals surface area contributed by atoms with Crippen molar-refractivity contribution in [2.75, 3.05) is 0 Å². The van der Waals surface area contributed by atoms with E-state index in [0.717, 1.165) is 28.9 Å². The van der Waals surface area contributed by atoms with E-state index in [4.69, 9.17) is 4.98 Å². The predicted octanol–water partition coefficient (Wildman–Crippen LogP) is 5.30. The third-order valence-corrected chi connectivity index (χ3v) is 7.74. The Morgan fingerprint density at radius 3 is 2.51 bits per heavy atom. The smallest absolute Gasteiger partial charge is 0.135 e. The maximum Gasteiger partial charge on any atom is 0.135 e. The van der Waals surface area contributed by atoms with Crippen LogP contribution in [0, 0.1) is 17.0 Å². The number of fused-ring (bicyclic) bond motifs is 1. The van der Waals surface area contributed by atoms with Crippen LogP contribution < -0.4 is 0 Å². The fraction of sp³-hybridized carbons (Fsp3) is 0.393. The van der Waals surface area contributed by atoms with Gasteiger partial charge in [0, 0.05) is 18.0 Å². The molecule has 0 unspecified atom stereocenters. The van der Waals surface area contributed by atoms with Gasteiger partial charge in [-0.1, -0.05) is 26.8 Å². The quantitative estimate of drug-likeness (QED) is 0.397. The van der Waals surface area contributed by atoms with Gasteiger partial charge in [-0.05, 0) is 55.4 Å². The summed E-state index contributed by atoms with van der Waals surface area (Å²) in [7, 11) is 0. The standard InChI is InChI=1S/C28H30F2N6O/c1-16-10-27(3,4)28(5,24-13-31-12-23(33-24)18-11-32-36(15-18)14-17(2)37)26-19(16)9-22(34-35-26)25-20(29)7-6-8-21(25)30/h6-9,11-13,15-17,37H,10,14H2,1-5H3/t16-,17+,28+/m1/s1. The van der Waals surface area contributed by atoms with Crippen LogP contribution in [-0.2, 0) is 12.0 Å². The van der Waals surface area contributed by atoms with E-state index in [1.54, 1.807) is 36.3 Å². The summed E-state index contributed by atoms with van der Waals surface area (Å²) in [5, 5.41) is 22.9. The molecule has 37 heavy (non-hydrogen) atoms. The van der Waals surface area contributed by atoms with Crippen LogP contribution in [0.25, 0.3) is 22.5 Å². The van der Waals surface area contributed by atoms with Gasteiger partial charge in [0.2, 0.25) is 0 Å². The second kappa shape index (κ2) is 9.06. The third kappa shape index (κ3) is 4.21. The highest BCUT2D eigenvalue weighted by Gasteiger charge is 2.52. The van der Waals surface area contributed by atoms with Crippen LogP contribution in [-0.4, -0.2) is 41.2 Å². The molecule has 0 amide bonds. The Morgan fingerprint density at radius 1 is 1.08 bits per heavy atom. The fourth-order valence-electron chi connectivity index (χ4n) is 5.52. The Bertz CT molecular complexity index is 1450. The van der Waals surface area contributed by atoms with Crippen LogP contribution in [0.4, 0.5) is 8.78 Å². The zero-order valence-corrected chi connectivity index (χ0v) is 21.6. The molecule has 1 aromatic carbocycles. The predicted molar refractivity (Wildman–Crippen MR) is 136 cm³/mol. The molecule has 4 aromatic rings. The lowest BCUT2D eigenvalue weighted by atomic mass is 9.54. The molecule has 3 aromatic heterocycles. The average molecular weight is 505 g/mol. The minimum absolute atomic E-state index is 0.0944. The Hall–Kier alpha value is -3.59. The van der Waals surface area contributed by atoms with E-state index >= 15 is 0 Å². The summed E-state index contributed by atoms with van der Waals surface area (Å²) in [4.78, 5) is 9.49. The molecule has 1 N–H and O–H groups in total. The number of hydrogen-bond acceptors (Lipinski definition) is 6. The van der Waals surface area contributed by atoms with Crippen molar-refractivity contribution in [3.63, 3.8) is 0 Å². The van der Waals surface area contributed by atoms with Crippen molar-refractivity contribution in [3.05, 3.63) is 77.6 Å². The molecular weight excluding hydrogens is 474 g/mol. The van der Waals surface area contributed by atoms with Gasteiger partial charge in [0.05, 0.1) is 58.8 Å². The highest BCUT2D eigenvalue weighted by Crippen LogP contribution is 2.56. The van der Waals surface area contributed by atoms with Crippen molar-refractivity contribution in [2.45, 2.75) is 65.0 Å². The van der Waals surface area contributed by atoms with Crippen LogP contribution in [0.5, 0.6) is 0 Å². The molecule has 0 aliphatic heterocycles. The number of nitrogens with zero attached hydrogens (tertiary/aromatic N) is 6. The molecule has 5 rings (SSSR count). The molecule has 9 heteroatoms. The molecule has 0 saturated carbocycles. The number of benzene rings is 1. The minimum Gasteiger partial charge on any atom is -0.391 e. The molecule has 0 saturated heterocycles. The van der Waals surface area contributed by atoms with E-state index in [1.807, 2.05) is 6.20 Å². The van der Waals surface area contributed by atoms with E-state index in [0.29, 0.717) is 12.2 Å². The van der Waals surface area contributed by atoms with E-state index in [2.05, 4.69) is 48.0 Å². The van der Waals surface area contributed by atoms with Gasteiger partial charge in [-0.3, -0.25) is 9.67 Å². The lowest BCUT2D eigenvalue weighted by molar-refractivity contribution is 0.158. The van der Waals surface area contributed by atoms with Gasteiger partial charge in [-0.2, -0.15) is 10.2 Å². The normalized spacial score (nSPS) is 21.5. The van der Waals surface area contributed by atoms with E-state index < -0.39 is 23.2 Å². The number of aromatic nitrogens is 6. The molecule has 0 bridgehead atoms. The van der Waals surface area contributed by atoms with Crippen molar-refractivity contribution in [3.8, 4) is 22.5 Å². The van der Waals surface area contributed by atoms with Gasteiger partial charge in [0.25, 0.3) is 0 Å². The van der Waals surface area contributed by atoms with Crippen molar-refractivity contribution in [1.82, 2.24) is 29.9 Å². The van der Waals surface area contributed by atoms with Gasteiger partial charge < -0.3 is 5.11 Å². The molecule has 0 radical (unpaired) electrons. The van der Waals surface area contributed by atoms with Crippen LogP contribution in [0.2, 0.25) is 0 Å². The van der Waals surface area contributed by atoms with Crippen LogP contribution in [0.3, 0.4) is 0 Å². The molecule has 192 valence electrons. The minimum atomic E-state index is -0.674. The SMILES string of the molecule is C[C@H](O)Cn1cc(-c2cncc([C@@]3(C)c4nnc(-c5c(F)cccc5F)cc4[C@H](C)CC3(C)C)n2)cn1. The van der Waals surface area contributed by atoms with E-state index in [1.165, 1.54) is 18.2 Å². The number of aliphatic hydroxyl groups excluding tert-OH is 1. The van der Waals surface area contributed by atoms with Gasteiger partial charge in [0.1, 0.15) is 11.6 Å². The molecule has 0 fully saturated rings. The molecule has 1 aliphatic rings. The Labute approximate surface area is 214 Å². The first-order chi connectivity index (χ1) is 17.5. The summed E-state index contributed by atoms with van der Waals surface area (Å²) in [6.07, 6.45) is 7.25. The lowest BCUT2D eigenvalue weighted by Crippen LogP contribution is -2.47. The van der Waals surface area contributed by atoms with Crippen molar-refractivity contribution >= 4 is 0 Å². The third-order valence-electron chi connectivity index (χ3n) is 7.74. The summed E-state index contributed by atoms with van der Waals surface area (Å²) in [5.41, 5.74) is 2.85. The monoisotopic (exact) mass is 504 g/mol. The Morgan fingerprint density at radius 2 is 1.81 bits per heavy atom. The maximum atomic E-state index is 14.5. The second-order valence-corrected chi connectivity index (χ2v) is 10.8. The van der Waals surface area contributed by atoms with E-state index in [-0.39, 0.29) is 22.6 Å². The summed E-state index contributed by atoms with van der Waals surface area (Å²) in [6, 6.07) is 5.54. The number of hydrogen-bond donors (Lipinski definition) is 1. The van der Waals surface area contributed by atoms with Crippen molar-refractivity contribution in [1.29, 1.82) is 0 Å². The molecule has 3 atom stereocenters. The second-order valence-electron chi connectivity index (χ2n) is 10.8. The van der Waals surface area contributed by atoms with Crippen LogP contribution in [0.1, 0.15) is 63.9 Å². The van der Waals surface area contributed by atoms with Gasteiger partial charge in [-0.25, -0.2) is 13.8 Å². The van der Waals surface area contributed by atoms with E-state index in [9.17, 15) is 13.9 Å². The Balaban J connectivity index is 1.63. The summed E-state index contributed by atoms with van der Waals surface area (Å²) < 4.78 is 30.7. The first-order valence-corrected chi connectivity index (χ1v) is 12.4. The summed E-state index contributed by atoms with van der Waals surface area (Å²) in [5.74, 6) is -1.25. The number of aliphatic hydroxyl groups is 1. The van der Waals surface area contributed by atoms with Crippen molar-refractivity contribution < 1.29 is 13.9 Å². The van der Waals surface area contributed by atoms with Gasteiger partial charge in [0.15, 0.2) is 0 Å². The summed E-state index contributed by atoms with van der Waals surface area (Å²) in [6.45, 7) is 10.6. The highest BCUT2D eigenvalue weighted by molar-refractivity contribution is 5.63. The zero-order chi connectivity index (χ0) is 26.5. The van der Waals surface area contributed by atoms with Gasteiger partial charge >= 0.3 is 0 Å². The first kappa shape index (κ1) is 25.1. The molecular formula is C28H30F2N6O.